The van der Waals surface area contributed by atoms with Crippen LogP contribution in [-0.2, 0) is 4.79 Å². The molecule has 3 heteroatoms. The molecule has 0 fully saturated rings. The van der Waals surface area contributed by atoms with Crippen molar-refractivity contribution in [1.29, 1.82) is 0 Å². The monoisotopic (exact) mass is 221 g/mol. The number of H-pyrrole nitrogens is 1. The highest BCUT2D eigenvalue weighted by molar-refractivity contribution is 6.06. The van der Waals surface area contributed by atoms with Gasteiger partial charge < -0.3 is 4.98 Å². The molecule has 1 aromatic rings. The Labute approximate surface area is 96.2 Å². The first-order valence-corrected chi connectivity index (χ1v) is 5.92. The second-order valence-corrected chi connectivity index (χ2v) is 4.03. The van der Waals surface area contributed by atoms with Crippen LogP contribution in [0.2, 0.25) is 0 Å². The minimum absolute atomic E-state index is 0.0344. The van der Waals surface area contributed by atoms with E-state index in [4.69, 9.17) is 0 Å². The third-order valence-corrected chi connectivity index (χ3v) is 2.57. The van der Waals surface area contributed by atoms with Crippen molar-refractivity contribution in [3.8, 4) is 0 Å². The molecule has 1 rings (SSSR count). The lowest BCUT2D eigenvalue weighted by molar-refractivity contribution is -0.118. The largest absolute Gasteiger partial charge is 0.359 e. The minimum atomic E-state index is -0.106. The van der Waals surface area contributed by atoms with Gasteiger partial charge in [0.2, 0.25) is 0 Å². The summed E-state index contributed by atoms with van der Waals surface area (Å²) in [7, 11) is 0. The molecule has 1 N–H and O–H groups in total. The molecule has 0 saturated heterocycles. The van der Waals surface area contributed by atoms with E-state index in [1.165, 1.54) is 0 Å². The lowest BCUT2D eigenvalue weighted by atomic mass is 10.1. The van der Waals surface area contributed by atoms with Crippen molar-refractivity contribution in [3.05, 3.63) is 24.0 Å². The van der Waals surface area contributed by atoms with E-state index in [1.54, 1.807) is 18.3 Å². The summed E-state index contributed by atoms with van der Waals surface area (Å²) in [6, 6.07) is 3.46. The number of unbranched alkanes of at least 4 members (excludes halogenated alkanes) is 3. The van der Waals surface area contributed by atoms with Crippen molar-refractivity contribution in [3.63, 3.8) is 0 Å². The second kappa shape index (κ2) is 6.99. The van der Waals surface area contributed by atoms with E-state index in [0.29, 0.717) is 12.1 Å². The Morgan fingerprint density at radius 3 is 2.69 bits per heavy atom. The van der Waals surface area contributed by atoms with Crippen molar-refractivity contribution in [1.82, 2.24) is 4.98 Å². The molecule has 0 amide bonds. The van der Waals surface area contributed by atoms with Gasteiger partial charge in [-0.25, -0.2) is 0 Å². The first kappa shape index (κ1) is 12.7. The van der Waals surface area contributed by atoms with E-state index in [2.05, 4.69) is 11.9 Å². The zero-order valence-corrected chi connectivity index (χ0v) is 9.79. The van der Waals surface area contributed by atoms with Crippen LogP contribution in [-0.4, -0.2) is 16.6 Å². The van der Waals surface area contributed by atoms with Crippen molar-refractivity contribution >= 4 is 11.6 Å². The second-order valence-electron chi connectivity index (χ2n) is 4.03. The Morgan fingerprint density at radius 1 is 1.25 bits per heavy atom. The van der Waals surface area contributed by atoms with Crippen molar-refractivity contribution in [2.75, 3.05) is 0 Å². The van der Waals surface area contributed by atoms with Crippen LogP contribution in [0.4, 0.5) is 0 Å². The maximum Gasteiger partial charge on any atom is 0.186 e. The van der Waals surface area contributed by atoms with Gasteiger partial charge in [0.25, 0.3) is 0 Å². The lowest BCUT2D eigenvalue weighted by Gasteiger charge is -1.99. The van der Waals surface area contributed by atoms with Gasteiger partial charge in [0, 0.05) is 12.6 Å². The molecule has 0 aliphatic carbocycles. The fourth-order valence-corrected chi connectivity index (χ4v) is 1.62. The van der Waals surface area contributed by atoms with E-state index in [0.717, 1.165) is 25.7 Å². The summed E-state index contributed by atoms with van der Waals surface area (Å²) in [6.07, 6.45) is 6.58. The highest BCUT2D eigenvalue weighted by atomic mass is 16.1. The molecule has 0 atom stereocenters. The third-order valence-electron chi connectivity index (χ3n) is 2.57. The fourth-order valence-electron chi connectivity index (χ4n) is 1.62. The highest BCUT2D eigenvalue weighted by Gasteiger charge is 2.11. The van der Waals surface area contributed by atoms with Gasteiger partial charge in [-0.3, -0.25) is 9.59 Å². The summed E-state index contributed by atoms with van der Waals surface area (Å²) in [5.41, 5.74) is 0.530. The van der Waals surface area contributed by atoms with Crippen LogP contribution in [0.15, 0.2) is 18.3 Å². The average molecular weight is 221 g/mol. The summed E-state index contributed by atoms with van der Waals surface area (Å²) < 4.78 is 0. The number of hydrogen-bond donors (Lipinski definition) is 1. The Bertz CT molecular complexity index is 328. The summed E-state index contributed by atoms with van der Waals surface area (Å²) in [6.45, 7) is 2.14. The van der Waals surface area contributed by atoms with Crippen LogP contribution in [0.3, 0.4) is 0 Å². The van der Waals surface area contributed by atoms with Crippen molar-refractivity contribution in [2.24, 2.45) is 0 Å². The van der Waals surface area contributed by atoms with Crippen LogP contribution in [0, 0.1) is 0 Å². The Balaban J connectivity index is 2.21. The fraction of sp³-hybridized carbons (Fsp3) is 0.538. The molecule has 0 saturated carbocycles. The Hall–Kier alpha value is -1.38. The summed E-state index contributed by atoms with van der Waals surface area (Å²) >= 11 is 0. The molecule has 0 aliphatic heterocycles. The summed E-state index contributed by atoms with van der Waals surface area (Å²) in [5, 5.41) is 0. The van der Waals surface area contributed by atoms with Gasteiger partial charge in [0.05, 0.1) is 12.1 Å². The van der Waals surface area contributed by atoms with Crippen LogP contribution in [0.25, 0.3) is 0 Å². The van der Waals surface area contributed by atoms with Crippen LogP contribution in [0.5, 0.6) is 0 Å². The van der Waals surface area contributed by atoms with Gasteiger partial charge in [0.1, 0.15) is 5.78 Å². The molecule has 0 radical (unpaired) electrons. The zero-order chi connectivity index (χ0) is 11.8. The van der Waals surface area contributed by atoms with Gasteiger partial charge in [-0.2, -0.15) is 0 Å². The maximum absolute atomic E-state index is 11.6. The van der Waals surface area contributed by atoms with Crippen molar-refractivity contribution < 1.29 is 9.59 Å². The lowest BCUT2D eigenvalue weighted by Crippen LogP contribution is -2.08. The Kier molecular flexibility index (Phi) is 5.54. The van der Waals surface area contributed by atoms with Gasteiger partial charge in [-0.1, -0.05) is 26.2 Å². The van der Waals surface area contributed by atoms with Crippen LogP contribution in [0.1, 0.15) is 55.9 Å². The van der Waals surface area contributed by atoms with E-state index >= 15 is 0 Å². The quantitative estimate of drug-likeness (QED) is 0.416. The van der Waals surface area contributed by atoms with E-state index in [-0.39, 0.29) is 18.0 Å². The number of ketones is 2. The number of carbonyl (C=O) groups excluding carboxylic acids is 2. The standard InChI is InChI=1S/C13H19NO2/c1-2-3-4-5-7-11(15)10-13(16)12-8-6-9-14-12/h6,8-9,14H,2-5,7,10H2,1H3. The van der Waals surface area contributed by atoms with Gasteiger partial charge in [-0.15, -0.1) is 0 Å². The summed E-state index contributed by atoms with van der Waals surface area (Å²) in [4.78, 5) is 25.8. The normalized spacial score (nSPS) is 10.3. The van der Waals surface area contributed by atoms with E-state index in [1.807, 2.05) is 0 Å². The maximum atomic E-state index is 11.6. The molecular weight excluding hydrogens is 202 g/mol. The number of hydrogen-bond acceptors (Lipinski definition) is 2. The predicted molar refractivity (Wildman–Crippen MR) is 63.5 cm³/mol. The van der Waals surface area contributed by atoms with Crippen LogP contribution < -0.4 is 0 Å². The smallest absolute Gasteiger partial charge is 0.186 e. The predicted octanol–water partition coefficient (Wildman–Crippen LogP) is 3.13. The zero-order valence-electron chi connectivity index (χ0n) is 9.79. The molecule has 88 valence electrons. The van der Waals surface area contributed by atoms with Gasteiger partial charge >= 0.3 is 0 Å². The average Bonchev–Trinajstić information content (AvgIpc) is 2.77. The number of rotatable bonds is 8. The molecule has 0 aromatic carbocycles. The topological polar surface area (TPSA) is 49.9 Å². The highest BCUT2D eigenvalue weighted by Crippen LogP contribution is 2.07. The SMILES string of the molecule is CCCCCCC(=O)CC(=O)c1ccc[nH]1. The van der Waals surface area contributed by atoms with E-state index < -0.39 is 0 Å². The van der Waals surface area contributed by atoms with Gasteiger partial charge in [-0.05, 0) is 18.6 Å². The first-order chi connectivity index (χ1) is 7.74. The minimum Gasteiger partial charge on any atom is -0.359 e. The van der Waals surface area contributed by atoms with Gasteiger partial charge in [0.15, 0.2) is 5.78 Å². The molecule has 1 aromatic heterocycles. The van der Waals surface area contributed by atoms with Crippen molar-refractivity contribution in [2.45, 2.75) is 45.4 Å². The number of carbonyl (C=O) groups is 2. The molecule has 0 bridgehead atoms. The molecular formula is C13H19NO2. The number of Topliss-reactive ketones (excluding diaryl/α,β-unsaturated/α-hetero) is 2. The Morgan fingerprint density at radius 2 is 2.06 bits per heavy atom. The molecule has 0 spiro atoms. The molecule has 1 heterocycles. The third kappa shape index (κ3) is 4.43. The summed E-state index contributed by atoms with van der Waals surface area (Å²) in [5.74, 6) is -0.0544. The molecule has 16 heavy (non-hydrogen) atoms. The number of nitrogens with one attached hydrogen (secondary N) is 1. The molecule has 0 aliphatic rings. The number of aromatic amines is 1. The first-order valence-electron chi connectivity index (χ1n) is 5.92. The molecule has 0 unspecified atom stereocenters. The number of aromatic nitrogens is 1. The van der Waals surface area contributed by atoms with E-state index in [9.17, 15) is 9.59 Å². The van der Waals surface area contributed by atoms with Crippen LogP contribution >= 0.6 is 0 Å². The molecule has 3 nitrogen and oxygen atoms in total.